The number of nitrogens with two attached hydrogens (primary N) is 1. The number of esters is 1. The number of carbonyl (C=O) groups excluding carboxylic acids is 1. The number of benzene rings is 2. The van der Waals surface area contributed by atoms with Gasteiger partial charge in [-0.15, -0.1) is 11.3 Å². The maximum atomic E-state index is 12.6. The van der Waals surface area contributed by atoms with Crippen LogP contribution in [0.4, 0.5) is 0 Å². The Morgan fingerprint density at radius 2 is 1.57 bits per heavy atom. The Morgan fingerprint density at radius 3 is 2.11 bits per heavy atom. The van der Waals surface area contributed by atoms with Gasteiger partial charge in [-0.2, -0.15) is 0 Å². The molecule has 1 aromatic heterocycles. The van der Waals surface area contributed by atoms with Gasteiger partial charge in [0.05, 0.1) is 11.5 Å². The van der Waals surface area contributed by atoms with E-state index in [2.05, 4.69) is 0 Å². The van der Waals surface area contributed by atoms with Crippen LogP contribution in [0.3, 0.4) is 0 Å². The topological polar surface area (TPSA) is 86.5 Å². The second kappa shape index (κ2) is 7.87. The quantitative estimate of drug-likeness (QED) is 0.621. The molecule has 7 heteroatoms. The van der Waals surface area contributed by atoms with Crippen molar-refractivity contribution in [1.82, 2.24) is 0 Å². The molecule has 0 unspecified atom stereocenters. The van der Waals surface area contributed by atoms with Crippen LogP contribution in [0.25, 0.3) is 21.6 Å². The van der Waals surface area contributed by atoms with E-state index in [1.807, 2.05) is 38.1 Å². The fraction of sp³-hybridized carbons (Fsp3) is 0.190. The van der Waals surface area contributed by atoms with Crippen molar-refractivity contribution in [3.05, 3.63) is 64.5 Å². The largest absolute Gasteiger partial charge is 0.462 e. The van der Waals surface area contributed by atoms with E-state index in [0.29, 0.717) is 4.88 Å². The van der Waals surface area contributed by atoms with Gasteiger partial charge in [0.2, 0.25) is 10.0 Å². The van der Waals surface area contributed by atoms with Crippen molar-refractivity contribution in [2.75, 3.05) is 6.61 Å². The van der Waals surface area contributed by atoms with Gasteiger partial charge in [-0.3, -0.25) is 0 Å². The highest BCUT2D eigenvalue weighted by Crippen LogP contribution is 2.42. The summed E-state index contributed by atoms with van der Waals surface area (Å²) < 4.78 is 28.3. The van der Waals surface area contributed by atoms with Gasteiger partial charge < -0.3 is 4.74 Å². The number of thiophene rings is 1. The molecule has 0 bridgehead atoms. The Morgan fingerprint density at radius 1 is 1.00 bits per heavy atom. The van der Waals surface area contributed by atoms with Gasteiger partial charge in [0, 0.05) is 10.4 Å². The van der Waals surface area contributed by atoms with E-state index in [9.17, 15) is 13.2 Å². The molecule has 0 aliphatic carbocycles. The standard InChI is InChI=1S/C21H21NO4S2/c1-4-26-21(23)20-18(15-9-11-17(12-10-15)28(22,24)25)14(3)19(27-20)16-7-5-13(2)6-8-16/h5-12H,4H2,1-3H3,(H2,22,24,25). The zero-order valence-electron chi connectivity index (χ0n) is 15.9. The monoisotopic (exact) mass is 415 g/mol. The molecule has 0 fully saturated rings. The molecule has 0 aliphatic rings. The molecular formula is C21H21NO4S2. The van der Waals surface area contributed by atoms with Crippen molar-refractivity contribution in [2.24, 2.45) is 5.14 Å². The Hall–Kier alpha value is -2.48. The number of hydrogen-bond acceptors (Lipinski definition) is 5. The summed E-state index contributed by atoms with van der Waals surface area (Å²) in [4.78, 5) is 14.1. The van der Waals surface area contributed by atoms with Crippen LogP contribution < -0.4 is 5.14 Å². The average molecular weight is 416 g/mol. The minimum absolute atomic E-state index is 0.0283. The molecule has 3 aromatic rings. The highest BCUT2D eigenvalue weighted by Gasteiger charge is 2.23. The van der Waals surface area contributed by atoms with Gasteiger partial charge in [0.25, 0.3) is 0 Å². The normalized spacial score (nSPS) is 11.4. The second-order valence-corrected chi connectivity index (χ2v) is 9.00. The molecule has 2 N–H and O–H groups in total. The number of hydrogen-bond donors (Lipinski definition) is 1. The number of carbonyl (C=O) groups is 1. The third-order valence-corrected chi connectivity index (χ3v) is 6.64. The maximum absolute atomic E-state index is 12.6. The van der Waals surface area contributed by atoms with Crippen LogP contribution in [0.5, 0.6) is 0 Å². The molecule has 0 amide bonds. The van der Waals surface area contributed by atoms with E-state index in [0.717, 1.165) is 32.7 Å². The molecule has 0 spiro atoms. The molecule has 28 heavy (non-hydrogen) atoms. The number of sulfonamides is 1. The zero-order chi connectivity index (χ0) is 20.5. The molecular weight excluding hydrogens is 394 g/mol. The fourth-order valence-electron chi connectivity index (χ4n) is 2.99. The molecule has 5 nitrogen and oxygen atoms in total. The lowest BCUT2D eigenvalue weighted by Gasteiger charge is -2.07. The smallest absolute Gasteiger partial charge is 0.348 e. The lowest BCUT2D eigenvalue weighted by atomic mass is 9.98. The Bertz CT molecular complexity index is 1110. The first-order valence-corrected chi connectivity index (χ1v) is 11.1. The maximum Gasteiger partial charge on any atom is 0.348 e. The van der Waals surface area contributed by atoms with Crippen LogP contribution in [-0.4, -0.2) is 21.0 Å². The molecule has 146 valence electrons. The third-order valence-electron chi connectivity index (χ3n) is 4.39. The van der Waals surface area contributed by atoms with Crippen molar-refractivity contribution in [2.45, 2.75) is 25.7 Å². The van der Waals surface area contributed by atoms with Gasteiger partial charge in [-0.1, -0.05) is 42.0 Å². The van der Waals surface area contributed by atoms with Crippen LogP contribution in [0.15, 0.2) is 53.4 Å². The van der Waals surface area contributed by atoms with E-state index in [4.69, 9.17) is 9.88 Å². The molecule has 0 aliphatic heterocycles. The van der Waals surface area contributed by atoms with Gasteiger partial charge in [0.1, 0.15) is 4.88 Å². The Labute approximate surface area is 168 Å². The van der Waals surface area contributed by atoms with Gasteiger partial charge in [-0.25, -0.2) is 18.4 Å². The zero-order valence-corrected chi connectivity index (χ0v) is 17.5. The Balaban J connectivity index is 2.18. The summed E-state index contributed by atoms with van der Waals surface area (Å²) >= 11 is 1.38. The molecule has 1 heterocycles. The SMILES string of the molecule is CCOC(=O)c1sc(-c2ccc(C)cc2)c(C)c1-c1ccc(S(N)(=O)=O)cc1. The van der Waals surface area contributed by atoms with Crippen molar-refractivity contribution in [1.29, 1.82) is 0 Å². The number of primary sulfonamides is 1. The summed E-state index contributed by atoms with van der Waals surface area (Å²) in [7, 11) is -3.78. The van der Waals surface area contributed by atoms with Crippen LogP contribution in [0.2, 0.25) is 0 Å². The first kappa shape index (κ1) is 20.3. The highest BCUT2D eigenvalue weighted by molar-refractivity contribution is 7.89. The van der Waals surface area contributed by atoms with E-state index >= 15 is 0 Å². The first-order valence-electron chi connectivity index (χ1n) is 8.73. The van der Waals surface area contributed by atoms with Crippen LogP contribution in [-0.2, 0) is 14.8 Å². The van der Waals surface area contributed by atoms with Crippen molar-refractivity contribution < 1.29 is 17.9 Å². The summed E-state index contributed by atoms with van der Waals surface area (Å²) in [5.41, 5.74) is 4.61. The summed E-state index contributed by atoms with van der Waals surface area (Å²) in [6.45, 7) is 6.02. The molecule has 0 saturated heterocycles. The van der Waals surface area contributed by atoms with Crippen LogP contribution in [0, 0.1) is 13.8 Å². The second-order valence-electron chi connectivity index (χ2n) is 6.42. The van der Waals surface area contributed by atoms with Gasteiger partial charge >= 0.3 is 5.97 Å². The Kier molecular flexibility index (Phi) is 5.69. The molecule has 0 saturated carbocycles. The fourth-order valence-corrected chi connectivity index (χ4v) is 4.74. The first-order chi connectivity index (χ1) is 13.2. The minimum atomic E-state index is -3.78. The number of rotatable bonds is 5. The summed E-state index contributed by atoms with van der Waals surface area (Å²) in [6, 6.07) is 14.3. The lowest BCUT2D eigenvalue weighted by Crippen LogP contribution is -2.11. The molecule has 3 rings (SSSR count). The van der Waals surface area contributed by atoms with Crippen LogP contribution >= 0.6 is 11.3 Å². The van der Waals surface area contributed by atoms with Crippen molar-refractivity contribution >= 4 is 27.3 Å². The molecule has 0 radical (unpaired) electrons. The summed E-state index contributed by atoms with van der Waals surface area (Å²) in [5.74, 6) is -0.389. The lowest BCUT2D eigenvalue weighted by molar-refractivity contribution is 0.0533. The van der Waals surface area contributed by atoms with E-state index < -0.39 is 10.0 Å². The van der Waals surface area contributed by atoms with Crippen molar-refractivity contribution in [3.8, 4) is 21.6 Å². The van der Waals surface area contributed by atoms with E-state index in [1.165, 1.54) is 23.5 Å². The number of aryl methyl sites for hydroxylation is 1. The van der Waals surface area contributed by atoms with Gasteiger partial charge in [0.15, 0.2) is 0 Å². The summed E-state index contributed by atoms with van der Waals surface area (Å²) in [6.07, 6.45) is 0. The molecule has 2 aromatic carbocycles. The van der Waals surface area contributed by atoms with E-state index in [1.54, 1.807) is 19.1 Å². The molecule has 0 atom stereocenters. The highest BCUT2D eigenvalue weighted by atomic mass is 32.2. The predicted octanol–water partition coefficient (Wildman–Crippen LogP) is 4.52. The summed E-state index contributed by atoms with van der Waals surface area (Å²) in [5, 5.41) is 5.19. The minimum Gasteiger partial charge on any atom is -0.462 e. The van der Waals surface area contributed by atoms with Crippen LogP contribution in [0.1, 0.15) is 27.7 Å². The predicted molar refractivity (Wildman–Crippen MR) is 112 cm³/mol. The van der Waals surface area contributed by atoms with Crippen molar-refractivity contribution in [3.63, 3.8) is 0 Å². The number of ether oxygens (including phenoxy) is 1. The average Bonchev–Trinajstić information content (AvgIpc) is 2.99. The van der Waals surface area contributed by atoms with Gasteiger partial charge in [-0.05, 0) is 49.6 Å². The van der Waals surface area contributed by atoms with E-state index in [-0.39, 0.29) is 17.5 Å². The third kappa shape index (κ3) is 4.01.